The molecular weight excluding hydrogens is 424 g/mol. The first-order valence-corrected chi connectivity index (χ1v) is 11.0. The molecule has 2 aliphatic rings. The number of benzene rings is 1. The molecule has 1 aromatic carbocycles. The number of imide groups is 1. The summed E-state index contributed by atoms with van der Waals surface area (Å²) in [6, 6.07) is 5.86. The van der Waals surface area contributed by atoms with Gasteiger partial charge in [0, 0.05) is 11.0 Å². The summed E-state index contributed by atoms with van der Waals surface area (Å²) in [5.41, 5.74) is -0.857. The minimum Gasteiger partial charge on any atom is -0.382 e. The van der Waals surface area contributed by atoms with Crippen LogP contribution in [-0.4, -0.2) is 43.1 Å². The lowest BCUT2D eigenvalue weighted by molar-refractivity contribution is -0.131. The molecule has 0 unspecified atom stereocenters. The maximum absolute atomic E-state index is 12.8. The molecule has 9 heteroatoms. The first-order chi connectivity index (χ1) is 12.3. The zero-order chi connectivity index (χ0) is 18.8. The topological polar surface area (TPSA) is 92.8 Å². The molecule has 1 aliphatic heterocycles. The van der Waals surface area contributed by atoms with Crippen LogP contribution in [0.15, 0.2) is 28.7 Å². The molecule has 0 bridgehead atoms. The monoisotopic (exact) mass is 444 g/mol. The van der Waals surface area contributed by atoms with Crippen molar-refractivity contribution in [2.24, 2.45) is 0 Å². The van der Waals surface area contributed by atoms with E-state index in [9.17, 15) is 18.0 Å². The molecule has 2 fully saturated rings. The first-order valence-electron chi connectivity index (χ1n) is 8.63. The Bertz CT molecular complexity index is 786. The lowest BCUT2D eigenvalue weighted by Crippen LogP contribution is -2.46. The molecule has 26 heavy (non-hydrogen) atoms. The van der Waals surface area contributed by atoms with Gasteiger partial charge in [0.2, 0.25) is 0 Å². The van der Waals surface area contributed by atoms with Crippen LogP contribution in [0.1, 0.15) is 38.5 Å². The Morgan fingerprint density at radius 2 is 1.69 bits per heavy atom. The number of carbonyl (C=O) groups is 2. The fourth-order valence-corrected chi connectivity index (χ4v) is 4.59. The normalized spacial score (nSPS) is 20.1. The zero-order valence-corrected chi connectivity index (χ0v) is 16.6. The Morgan fingerprint density at radius 1 is 1.08 bits per heavy atom. The Hall–Kier alpha value is -1.61. The molecule has 1 saturated carbocycles. The van der Waals surface area contributed by atoms with Gasteiger partial charge in [0.15, 0.2) is 0 Å². The van der Waals surface area contributed by atoms with Gasteiger partial charge in [0.05, 0.1) is 0 Å². The zero-order valence-electron chi connectivity index (χ0n) is 14.2. The van der Waals surface area contributed by atoms with Crippen LogP contribution in [0.2, 0.25) is 0 Å². The molecule has 1 aromatic rings. The molecular formula is C17H21BrN2O5S. The van der Waals surface area contributed by atoms with Gasteiger partial charge in [-0.15, -0.1) is 0 Å². The third-order valence-electron chi connectivity index (χ3n) is 4.80. The van der Waals surface area contributed by atoms with Crippen LogP contribution in [-0.2, 0) is 14.9 Å². The summed E-state index contributed by atoms with van der Waals surface area (Å²) in [4.78, 5) is 26.0. The minimum atomic E-state index is -3.92. The van der Waals surface area contributed by atoms with E-state index in [0.717, 1.165) is 35.1 Å². The number of carbonyl (C=O) groups excluding carboxylic acids is 2. The number of halogens is 1. The molecule has 1 spiro atoms. The summed E-state index contributed by atoms with van der Waals surface area (Å²) >= 11 is 3.26. The lowest BCUT2D eigenvalue weighted by Gasteiger charge is -2.24. The number of nitrogens with one attached hydrogen (secondary N) is 1. The van der Waals surface area contributed by atoms with Crippen molar-refractivity contribution in [3.8, 4) is 5.75 Å². The summed E-state index contributed by atoms with van der Waals surface area (Å²) in [5.74, 6) is -0.577. The van der Waals surface area contributed by atoms with E-state index >= 15 is 0 Å². The van der Waals surface area contributed by atoms with Gasteiger partial charge in [-0.1, -0.05) is 41.6 Å². The Kier molecular flexibility index (Phi) is 5.57. The molecule has 3 amide bonds. The summed E-state index contributed by atoms with van der Waals surface area (Å²) in [5, 5.41) is 2.80. The molecule has 0 radical (unpaired) electrons. The highest BCUT2D eigenvalue weighted by molar-refractivity contribution is 9.10. The second-order valence-corrected chi connectivity index (χ2v) is 9.29. The maximum Gasteiger partial charge on any atom is 0.325 e. The average Bonchev–Trinajstić information content (AvgIpc) is 2.74. The second-order valence-electron chi connectivity index (χ2n) is 6.68. The molecule has 142 valence electrons. The quantitative estimate of drug-likeness (QED) is 0.556. The van der Waals surface area contributed by atoms with Gasteiger partial charge in [-0.05, 0) is 37.1 Å². The van der Waals surface area contributed by atoms with E-state index in [-0.39, 0.29) is 18.2 Å². The van der Waals surface area contributed by atoms with Gasteiger partial charge in [-0.25, -0.2) is 4.79 Å². The molecule has 1 N–H and O–H groups in total. The van der Waals surface area contributed by atoms with Gasteiger partial charge >= 0.3 is 16.1 Å². The Labute approximate surface area is 161 Å². The molecule has 1 aliphatic carbocycles. The van der Waals surface area contributed by atoms with Gasteiger partial charge in [0.1, 0.15) is 17.0 Å². The van der Waals surface area contributed by atoms with E-state index in [1.54, 1.807) is 12.1 Å². The van der Waals surface area contributed by atoms with Crippen LogP contribution in [0.5, 0.6) is 5.75 Å². The third kappa shape index (κ3) is 4.20. The molecule has 1 heterocycles. The molecule has 0 atom stereocenters. The number of amides is 3. The highest BCUT2D eigenvalue weighted by atomic mass is 79.9. The maximum atomic E-state index is 12.8. The number of hydrogen-bond donors (Lipinski definition) is 1. The standard InChI is InChI=1S/C17H21BrN2O5S/c18-13-5-7-14(8-6-13)25-26(23,24)12-11-20-15(21)17(19-16(20)22)9-3-1-2-4-10-17/h5-8H,1-4,9-12H2,(H,19,22). The van der Waals surface area contributed by atoms with Crippen molar-refractivity contribution in [3.63, 3.8) is 0 Å². The smallest absolute Gasteiger partial charge is 0.325 e. The van der Waals surface area contributed by atoms with Crippen LogP contribution in [0.25, 0.3) is 0 Å². The predicted molar refractivity (Wildman–Crippen MR) is 99.2 cm³/mol. The minimum absolute atomic E-state index is 0.186. The number of nitrogens with zero attached hydrogens (tertiary/aromatic N) is 1. The summed E-state index contributed by atoms with van der Waals surface area (Å²) in [6.07, 6.45) is 5.06. The van der Waals surface area contributed by atoms with Crippen LogP contribution in [0.3, 0.4) is 0 Å². The van der Waals surface area contributed by atoms with E-state index in [2.05, 4.69) is 21.2 Å². The fraction of sp³-hybridized carbons (Fsp3) is 0.529. The van der Waals surface area contributed by atoms with E-state index in [4.69, 9.17) is 4.18 Å². The summed E-state index contributed by atoms with van der Waals surface area (Å²) in [7, 11) is -3.92. The van der Waals surface area contributed by atoms with Gasteiger partial charge in [-0.3, -0.25) is 9.69 Å². The Balaban J connectivity index is 1.64. The van der Waals surface area contributed by atoms with Crippen molar-refractivity contribution in [3.05, 3.63) is 28.7 Å². The number of urea groups is 1. The van der Waals surface area contributed by atoms with Crippen molar-refractivity contribution < 1.29 is 22.2 Å². The second kappa shape index (κ2) is 7.56. The highest BCUT2D eigenvalue weighted by Gasteiger charge is 2.50. The lowest BCUT2D eigenvalue weighted by atomic mass is 9.90. The first kappa shape index (κ1) is 19.2. The SMILES string of the molecule is O=C1NC2(CCCCCC2)C(=O)N1CCS(=O)(=O)Oc1ccc(Br)cc1. The number of rotatable bonds is 5. The fourth-order valence-electron chi connectivity index (χ4n) is 3.43. The van der Waals surface area contributed by atoms with Gasteiger partial charge in [0.25, 0.3) is 5.91 Å². The summed E-state index contributed by atoms with van der Waals surface area (Å²) in [6.45, 7) is -0.217. The van der Waals surface area contributed by atoms with Crippen molar-refractivity contribution in [1.29, 1.82) is 0 Å². The predicted octanol–water partition coefficient (Wildman–Crippen LogP) is 2.80. The highest BCUT2D eigenvalue weighted by Crippen LogP contribution is 2.32. The van der Waals surface area contributed by atoms with Crippen LogP contribution in [0.4, 0.5) is 4.79 Å². The summed E-state index contributed by atoms with van der Waals surface area (Å²) < 4.78 is 30.2. The van der Waals surface area contributed by atoms with Crippen LogP contribution < -0.4 is 9.50 Å². The third-order valence-corrected chi connectivity index (χ3v) is 6.46. The van der Waals surface area contributed by atoms with Crippen LogP contribution >= 0.6 is 15.9 Å². The largest absolute Gasteiger partial charge is 0.382 e. The van der Waals surface area contributed by atoms with Gasteiger partial charge < -0.3 is 9.50 Å². The molecule has 0 aromatic heterocycles. The van der Waals surface area contributed by atoms with Crippen LogP contribution in [0, 0.1) is 0 Å². The average molecular weight is 445 g/mol. The molecule has 3 rings (SSSR count). The van der Waals surface area contributed by atoms with E-state index < -0.39 is 27.4 Å². The van der Waals surface area contributed by atoms with Crippen molar-refractivity contribution in [2.75, 3.05) is 12.3 Å². The number of hydrogen-bond acceptors (Lipinski definition) is 5. The van der Waals surface area contributed by atoms with E-state index in [1.165, 1.54) is 12.1 Å². The van der Waals surface area contributed by atoms with Crippen molar-refractivity contribution in [1.82, 2.24) is 10.2 Å². The molecule has 1 saturated heterocycles. The molecule has 7 nitrogen and oxygen atoms in total. The van der Waals surface area contributed by atoms with Gasteiger partial charge in [-0.2, -0.15) is 8.42 Å². The Morgan fingerprint density at radius 3 is 2.31 bits per heavy atom. The van der Waals surface area contributed by atoms with E-state index in [1.807, 2.05) is 0 Å². The van der Waals surface area contributed by atoms with E-state index in [0.29, 0.717) is 12.8 Å². The van der Waals surface area contributed by atoms with Crippen molar-refractivity contribution in [2.45, 2.75) is 44.1 Å². The van der Waals surface area contributed by atoms with Crippen molar-refractivity contribution >= 4 is 38.0 Å².